The first-order chi connectivity index (χ1) is 12.2. The molecule has 3 rings (SSSR count). The van der Waals surface area contributed by atoms with E-state index in [4.69, 9.17) is 9.47 Å². The van der Waals surface area contributed by atoms with Gasteiger partial charge in [-0.3, -0.25) is 4.79 Å². The highest BCUT2D eigenvalue weighted by Gasteiger charge is 2.18. The van der Waals surface area contributed by atoms with Gasteiger partial charge in [0, 0.05) is 23.5 Å². The molecule has 0 bridgehead atoms. The lowest BCUT2D eigenvalue weighted by molar-refractivity contribution is 0.102. The molecule has 132 valence electrons. The Morgan fingerprint density at radius 2 is 2.16 bits per heavy atom. The van der Waals surface area contributed by atoms with Crippen LogP contribution in [0.1, 0.15) is 22.3 Å². The lowest BCUT2D eigenvalue weighted by Gasteiger charge is -2.14. The van der Waals surface area contributed by atoms with Crippen LogP contribution in [0.4, 0.5) is 5.69 Å². The third-order valence-electron chi connectivity index (χ3n) is 4.42. The van der Waals surface area contributed by atoms with E-state index < -0.39 is 0 Å². The molecule has 1 amide bonds. The largest absolute Gasteiger partial charge is 0.496 e. The van der Waals surface area contributed by atoms with E-state index in [2.05, 4.69) is 15.6 Å². The van der Waals surface area contributed by atoms with Crippen LogP contribution in [-0.4, -0.2) is 38.2 Å². The molecule has 2 N–H and O–H groups in total. The molecule has 1 fully saturated rings. The summed E-state index contributed by atoms with van der Waals surface area (Å²) in [6.07, 6.45) is 3.65. The Labute approximate surface area is 147 Å². The topological polar surface area (TPSA) is 72.5 Å². The van der Waals surface area contributed by atoms with E-state index in [1.54, 1.807) is 38.6 Å². The van der Waals surface area contributed by atoms with Crippen LogP contribution in [0.15, 0.2) is 36.5 Å². The van der Waals surface area contributed by atoms with Crippen LogP contribution in [0, 0.1) is 5.92 Å². The molecule has 2 heterocycles. The zero-order chi connectivity index (χ0) is 17.6. The van der Waals surface area contributed by atoms with Crippen molar-refractivity contribution in [3.8, 4) is 11.6 Å². The van der Waals surface area contributed by atoms with Gasteiger partial charge in [-0.1, -0.05) is 0 Å². The van der Waals surface area contributed by atoms with Gasteiger partial charge in [0.1, 0.15) is 5.75 Å². The number of carbonyl (C=O) groups excluding carboxylic acids is 1. The second kappa shape index (κ2) is 7.98. The minimum Gasteiger partial charge on any atom is -0.496 e. The van der Waals surface area contributed by atoms with Gasteiger partial charge < -0.3 is 20.1 Å². The minimum absolute atomic E-state index is 0.165. The average molecular weight is 341 g/mol. The molecule has 1 aromatic carbocycles. The van der Waals surface area contributed by atoms with E-state index in [1.807, 2.05) is 12.1 Å². The highest BCUT2D eigenvalue weighted by atomic mass is 16.5. The highest BCUT2D eigenvalue weighted by Crippen LogP contribution is 2.26. The summed E-state index contributed by atoms with van der Waals surface area (Å²) in [7, 11) is 3.20. The van der Waals surface area contributed by atoms with E-state index in [-0.39, 0.29) is 5.91 Å². The monoisotopic (exact) mass is 341 g/mol. The number of methoxy groups -OCH3 is 2. The Morgan fingerprint density at radius 3 is 2.88 bits per heavy atom. The van der Waals surface area contributed by atoms with Crippen molar-refractivity contribution in [1.29, 1.82) is 0 Å². The Hall–Kier alpha value is -2.60. The number of benzene rings is 1. The zero-order valence-corrected chi connectivity index (χ0v) is 14.5. The number of pyridine rings is 1. The van der Waals surface area contributed by atoms with Crippen LogP contribution in [0.2, 0.25) is 0 Å². The van der Waals surface area contributed by atoms with E-state index in [0.717, 1.165) is 37.2 Å². The van der Waals surface area contributed by atoms with Crippen LogP contribution < -0.4 is 20.1 Å². The molecule has 2 aromatic rings. The maximum atomic E-state index is 12.6. The van der Waals surface area contributed by atoms with Gasteiger partial charge in [0.05, 0.1) is 14.2 Å². The van der Waals surface area contributed by atoms with Gasteiger partial charge in [-0.2, -0.15) is 0 Å². The van der Waals surface area contributed by atoms with Crippen molar-refractivity contribution in [2.24, 2.45) is 5.92 Å². The molecule has 1 atom stereocenters. The molecule has 0 aliphatic carbocycles. The molecule has 1 aliphatic rings. The first kappa shape index (κ1) is 17.2. The van der Waals surface area contributed by atoms with Gasteiger partial charge >= 0.3 is 0 Å². The van der Waals surface area contributed by atoms with Crippen molar-refractivity contribution in [2.45, 2.75) is 12.8 Å². The number of nitrogens with zero attached hydrogens (tertiary/aromatic N) is 1. The summed E-state index contributed by atoms with van der Waals surface area (Å²) in [5, 5.41) is 6.25. The van der Waals surface area contributed by atoms with Crippen molar-refractivity contribution >= 4 is 11.6 Å². The summed E-state index contributed by atoms with van der Waals surface area (Å²) in [6.45, 7) is 2.06. The summed E-state index contributed by atoms with van der Waals surface area (Å²) in [4.78, 5) is 16.6. The number of hydrogen-bond donors (Lipinski definition) is 2. The molecular weight excluding hydrogens is 318 g/mol. The van der Waals surface area contributed by atoms with Crippen molar-refractivity contribution in [3.63, 3.8) is 0 Å². The van der Waals surface area contributed by atoms with Crippen molar-refractivity contribution in [2.75, 3.05) is 32.6 Å². The van der Waals surface area contributed by atoms with Gasteiger partial charge in [-0.15, -0.1) is 0 Å². The third kappa shape index (κ3) is 4.28. The molecule has 1 aliphatic heterocycles. The zero-order valence-electron chi connectivity index (χ0n) is 14.5. The van der Waals surface area contributed by atoms with Crippen LogP contribution in [-0.2, 0) is 6.42 Å². The van der Waals surface area contributed by atoms with Gasteiger partial charge in [-0.05, 0) is 61.7 Å². The summed E-state index contributed by atoms with van der Waals surface area (Å²) in [5.41, 5.74) is 2.32. The summed E-state index contributed by atoms with van der Waals surface area (Å²) < 4.78 is 10.5. The number of hydrogen-bond acceptors (Lipinski definition) is 5. The molecule has 0 saturated carbocycles. The summed E-state index contributed by atoms with van der Waals surface area (Å²) >= 11 is 0. The second-order valence-electron chi connectivity index (χ2n) is 6.13. The maximum Gasteiger partial charge on any atom is 0.255 e. The summed E-state index contributed by atoms with van der Waals surface area (Å²) in [5.74, 6) is 1.70. The third-order valence-corrected chi connectivity index (χ3v) is 4.42. The molecule has 6 nitrogen and oxygen atoms in total. The van der Waals surface area contributed by atoms with Crippen LogP contribution in [0.3, 0.4) is 0 Å². The molecule has 1 saturated heterocycles. The molecular formula is C19H23N3O3. The van der Waals surface area contributed by atoms with Crippen LogP contribution in [0.5, 0.6) is 11.6 Å². The molecule has 1 unspecified atom stereocenters. The highest BCUT2D eigenvalue weighted by molar-refractivity contribution is 6.04. The number of aromatic nitrogens is 1. The Balaban J connectivity index is 1.77. The molecule has 1 aromatic heterocycles. The van der Waals surface area contributed by atoms with Crippen molar-refractivity contribution in [3.05, 3.63) is 47.7 Å². The normalized spacial score (nSPS) is 16.5. The minimum atomic E-state index is -0.165. The quantitative estimate of drug-likeness (QED) is 0.845. The predicted octanol–water partition coefficient (Wildman–Crippen LogP) is 2.50. The fourth-order valence-electron chi connectivity index (χ4n) is 3.08. The lowest BCUT2D eigenvalue weighted by atomic mass is 9.96. The van der Waals surface area contributed by atoms with E-state index in [0.29, 0.717) is 23.0 Å². The van der Waals surface area contributed by atoms with Crippen molar-refractivity contribution < 1.29 is 14.3 Å². The number of anilines is 1. The molecule has 25 heavy (non-hydrogen) atoms. The van der Waals surface area contributed by atoms with Crippen LogP contribution in [0.25, 0.3) is 0 Å². The van der Waals surface area contributed by atoms with Crippen LogP contribution >= 0.6 is 0 Å². The number of amides is 1. The number of ether oxygens (including phenoxy) is 2. The Morgan fingerprint density at radius 1 is 1.28 bits per heavy atom. The molecule has 0 spiro atoms. The fourth-order valence-corrected chi connectivity index (χ4v) is 3.08. The Kier molecular flexibility index (Phi) is 5.50. The van der Waals surface area contributed by atoms with Gasteiger partial charge in [0.25, 0.3) is 5.91 Å². The number of carbonyl (C=O) groups is 1. The second-order valence-corrected chi connectivity index (χ2v) is 6.13. The average Bonchev–Trinajstić information content (AvgIpc) is 3.15. The fraction of sp³-hybridized carbons (Fsp3) is 0.368. The van der Waals surface area contributed by atoms with Gasteiger partial charge in [0.15, 0.2) is 0 Å². The number of rotatable bonds is 6. The number of nitrogens with one attached hydrogen (secondary N) is 2. The molecule has 6 heteroatoms. The molecule has 0 radical (unpaired) electrons. The first-order valence-electron chi connectivity index (χ1n) is 8.38. The maximum absolute atomic E-state index is 12.6. The van der Waals surface area contributed by atoms with Gasteiger partial charge in [0.2, 0.25) is 5.88 Å². The summed E-state index contributed by atoms with van der Waals surface area (Å²) in [6, 6.07) is 8.98. The standard InChI is InChI=1S/C19H23N3O3/c1-24-17-4-3-14(10-15(17)9-13-5-7-20-12-13)19(23)22-16-6-8-21-18(11-16)25-2/h3-4,6,8,10-11,13,20H,5,7,9,12H2,1-2H3,(H,21,22,23). The van der Waals surface area contributed by atoms with E-state index >= 15 is 0 Å². The lowest BCUT2D eigenvalue weighted by Crippen LogP contribution is -2.14. The predicted molar refractivity (Wildman–Crippen MR) is 96.4 cm³/mol. The van der Waals surface area contributed by atoms with Gasteiger partial charge in [-0.25, -0.2) is 4.98 Å². The smallest absolute Gasteiger partial charge is 0.255 e. The first-order valence-corrected chi connectivity index (χ1v) is 8.38. The van der Waals surface area contributed by atoms with Crippen molar-refractivity contribution in [1.82, 2.24) is 10.3 Å². The van der Waals surface area contributed by atoms with E-state index in [9.17, 15) is 4.79 Å². The SMILES string of the molecule is COc1cc(NC(=O)c2ccc(OC)c(CC3CCNC3)c2)ccn1. The Bertz CT molecular complexity index is 742. The van der Waals surface area contributed by atoms with E-state index in [1.165, 1.54) is 0 Å².